The maximum Gasteiger partial charge on any atom is 0.269 e. The van der Waals surface area contributed by atoms with Gasteiger partial charge >= 0.3 is 0 Å². The second-order valence-corrected chi connectivity index (χ2v) is 7.78. The Labute approximate surface area is 126 Å². The summed E-state index contributed by atoms with van der Waals surface area (Å²) in [5, 5.41) is 9.64. The lowest BCUT2D eigenvalue weighted by Crippen LogP contribution is -2.34. The number of carbonyl (C=O) groups is 1. The van der Waals surface area contributed by atoms with Crippen molar-refractivity contribution in [2.24, 2.45) is 0 Å². The molecular formula is C10H16N4O5S2. The number of nitrogens with zero attached hydrogens (tertiary/aromatic N) is 2. The summed E-state index contributed by atoms with van der Waals surface area (Å²) in [6.07, 6.45) is -0.363. The van der Waals surface area contributed by atoms with Crippen molar-refractivity contribution < 1.29 is 22.7 Å². The molecule has 0 aromatic carbocycles. The highest BCUT2D eigenvalue weighted by Gasteiger charge is 2.33. The first-order chi connectivity index (χ1) is 9.68. The zero-order chi connectivity index (χ0) is 15.7. The van der Waals surface area contributed by atoms with Crippen LogP contribution in [0.25, 0.3) is 0 Å². The highest BCUT2D eigenvalue weighted by Crippen LogP contribution is 2.23. The average molecular weight is 336 g/mol. The molecule has 11 heteroatoms. The summed E-state index contributed by atoms with van der Waals surface area (Å²) in [5.41, 5.74) is 0. The highest BCUT2D eigenvalue weighted by molar-refractivity contribution is 7.91. The van der Waals surface area contributed by atoms with Crippen molar-refractivity contribution in [3.63, 3.8) is 0 Å². The van der Waals surface area contributed by atoms with Crippen molar-refractivity contribution in [2.75, 3.05) is 18.5 Å². The average Bonchev–Trinajstić information content (AvgIpc) is 2.93. The summed E-state index contributed by atoms with van der Waals surface area (Å²) in [5.74, 6) is -1.06. The van der Waals surface area contributed by atoms with E-state index in [0.29, 0.717) is 6.61 Å². The fraction of sp³-hybridized carbons (Fsp3) is 0.700. The van der Waals surface area contributed by atoms with Crippen LogP contribution >= 0.6 is 11.3 Å². The second kappa shape index (κ2) is 5.93. The van der Waals surface area contributed by atoms with E-state index in [1.165, 1.54) is 6.92 Å². The molecule has 1 aliphatic rings. The number of anilines is 1. The van der Waals surface area contributed by atoms with Crippen LogP contribution in [0.1, 0.15) is 20.8 Å². The van der Waals surface area contributed by atoms with Gasteiger partial charge in [-0.2, -0.15) is 0 Å². The molecule has 118 valence electrons. The molecule has 2 heterocycles. The predicted octanol–water partition coefficient (Wildman–Crippen LogP) is -0.0737. The van der Waals surface area contributed by atoms with Crippen molar-refractivity contribution in [1.82, 2.24) is 14.9 Å². The van der Waals surface area contributed by atoms with E-state index in [9.17, 15) is 13.2 Å². The third-order valence-electron chi connectivity index (χ3n) is 2.49. The largest absolute Gasteiger partial charge is 0.348 e. The van der Waals surface area contributed by atoms with Gasteiger partial charge in [-0.3, -0.25) is 4.79 Å². The van der Waals surface area contributed by atoms with Gasteiger partial charge in [0.15, 0.2) is 5.79 Å². The first-order valence-electron chi connectivity index (χ1n) is 6.10. The van der Waals surface area contributed by atoms with E-state index in [2.05, 4.69) is 20.2 Å². The van der Waals surface area contributed by atoms with Crippen LogP contribution in [0, 0.1) is 0 Å². The summed E-state index contributed by atoms with van der Waals surface area (Å²) in [4.78, 5) is 10.9. The number of hydrogen-bond donors (Lipinski definition) is 2. The molecule has 2 N–H and O–H groups in total. The maximum atomic E-state index is 12.0. The van der Waals surface area contributed by atoms with E-state index in [1.807, 2.05) is 0 Å². The molecule has 0 spiro atoms. The van der Waals surface area contributed by atoms with Crippen molar-refractivity contribution >= 4 is 32.4 Å². The van der Waals surface area contributed by atoms with Crippen LogP contribution in [0.5, 0.6) is 0 Å². The second-order valence-electron chi connectivity index (χ2n) is 4.86. The molecule has 1 aliphatic heterocycles. The zero-order valence-electron chi connectivity index (χ0n) is 11.7. The summed E-state index contributed by atoms with van der Waals surface area (Å²) >= 11 is 0.774. The van der Waals surface area contributed by atoms with E-state index < -0.39 is 15.8 Å². The van der Waals surface area contributed by atoms with Crippen molar-refractivity contribution in [3.05, 3.63) is 0 Å². The first-order valence-corrected chi connectivity index (χ1v) is 8.40. The van der Waals surface area contributed by atoms with E-state index >= 15 is 0 Å². The molecule has 21 heavy (non-hydrogen) atoms. The third kappa shape index (κ3) is 4.41. The molecule has 0 saturated carbocycles. The SMILES string of the molecule is CC(=O)Nc1nnc(S(=O)(=O)NCC2COC(C)(C)O2)s1. The number of aromatic nitrogens is 2. The maximum absolute atomic E-state index is 12.0. The van der Waals surface area contributed by atoms with E-state index in [-0.39, 0.29) is 28.0 Å². The Morgan fingerprint density at radius 3 is 2.76 bits per heavy atom. The van der Waals surface area contributed by atoms with Crippen molar-refractivity contribution in [3.8, 4) is 0 Å². The molecule has 0 radical (unpaired) electrons. The van der Waals surface area contributed by atoms with Crippen LogP contribution in [-0.2, 0) is 24.3 Å². The molecule has 1 saturated heterocycles. The normalized spacial score (nSPS) is 21.4. The summed E-state index contributed by atoms with van der Waals surface area (Å²) in [6, 6.07) is 0. The summed E-state index contributed by atoms with van der Waals surface area (Å²) in [6.45, 7) is 5.19. The van der Waals surface area contributed by atoms with Gasteiger partial charge in [0.1, 0.15) is 0 Å². The predicted molar refractivity (Wildman–Crippen MR) is 74.3 cm³/mol. The Bertz CT molecular complexity index is 627. The fourth-order valence-corrected chi connectivity index (χ4v) is 3.70. The minimum atomic E-state index is -3.79. The zero-order valence-corrected chi connectivity index (χ0v) is 13.4. The number of amides is 1. The minimum Gasteiger partial charge on any atom is -0.348 e. The van der Waals surface area contributed by atoms with Gasteiger partial charge in [-0.25, -0.2) is 13.1 Å². The number of sulfonamides is 1. The monoisotopic (exact) mass is 336 g/mol. The van der Waals surface area contributed by atoms with Crippen LogP contribution in [-0.4, -0.2) is 49.6 Å². The lowest BCUT2D eigenvalue weighted by molar-refractivity contribution is -0.137. The molecule has 2 rings (SSSR count). The molecule has 0 aliphatic carbocycles. The Balaban J connectivity index is 1.95. The van der Waals surface area contributed by atoms with Gasteiger partial charge in [-0.15, -0.1) is 10.2 Å². The van der Waals surface area contributed by atoms with Gasteiger partial charge in [0, 0.05) is 13.5 Å². The molecule has 0 bridgehead atoms. The number of ether oxygens (including phenoxy) is 2. The van der Waals surface area contributed by atoms with E-state index in [1.54, 1.807) is 13.8 Å². The smallest absolute Gasteiger partial charge is 0.269 e. The minimum absolute atomic E-state index is 0.0703. The molecule has 1 aromatic rings. The third-order valence-corrected chi connectivity index (χ3v) is 5.12. The van der Waals surface area contributed by atoms with Crippen molar-refractivity contribution in [2.45, 2.75) is 37.0 Å². The number of carbonyl (C=O) groups excluding carboxylic acids is 1. The van der Waals surface area contributed by atoms with Gasteiger partial charge in [-0.1, -0.05) is 11.3 Å². The van der Waals surface area contributed by atoms with Crippen LogP contribution in [0.2, 0.25) is 0 Å². The van der Waals surface area contributed by atoms with Gasteiger partial charge in [0.05, 0.1) is 12.7 Å². The van der Waals surface area contributed by atoms with Crippen LogP contribution < -0.4 is 10.0 Å². The standard InChI is InChI=1S/C10H16N4O5S2/c1-6(15)12-8-13-14-9(20-8)21(16,17)11-4-7-5-18-10(2,3)19-7/h7,11H,4-5H2,1-3H3,(H,12,13,15). The Kier molecular flexibility index (Phi) is 4.58. The molecule has 1 atom stereocenters. The van der Waals surface area contributed by atoms with E-state index in [0.717, 1.165) is 11.3 Å². The molecule has 1 fully saturated rings. The number of nitrogens with one attached hydrogen (secondary N) is 2. The molecular weight excluding hydrogens is 320 g/mol. The van der Waals surface area contributed by atoms with Gasteiger partial charge < -0.3 is 14.8 Å². The summed E-state index contributed by atoms with van der Waals surface area (Å²) in [7, 11) is -3.79. The number of hydrogen-bond acceptors (Lipinski definition) is 8. The van der Waals surface area contributed by atoms with Crippen LogP contribution in [0.4, 0.5) is 5.13 Å². The molecule has 1 amide bonds. The Morgan fingerprint density at radius 1 is 1.48 bits per heavy atom. The Hall–Kier alpha value is -1.14. The Morgan fingerprint density at radius 2 is 2.19 bits per heavy atom. The van der Waals surface area contributed by atoms with Gasteiger partial charge in [0.2, 0.25) is 15.4 Å². The highest BCUT2D eigenvalue weighted by atomic mass is 32.2. The summed E-state index contributed by atoms with van der Waals surface area (Å²) < 4.78 is 37.1. The van der Waals surface area contributed by atoms with Crippen LogP contribution in [0.3, 0.4) is 0 Å². The first kappa shape index (κ1) is 16.2. The molecule has 9 nitrogen and oxygen atoms in total. The quantitative estimate of drug-likeness (QED) is 0.722. The van der Waals surface area contributed by atoms with Gasteiger partial charge in [-0.05, 0) is 13.8 Å². The number of rotatable bonds is 5. The van der Waals surface area contributed by atoms with Gasteiger partial charge in [0.25, 0.3) is 10.0 Å². The lowest BCUT2D eigenvalue weighted by Gasteiger charge is -2.17. The lowest BCUT2D eigenvalue weighted by atomic mass is 10.4. The topological polar surface area (TPSA) is 120 Å². The van der Waals surface area contributed by atoms with Crippen molar-refractivity contribution in [1.29, 1.82) is 0 Å². The van der Waals surface area contributed by atoms with Crippen LogP contribution in [0.15, 0.2) is 4.34 Å². The van der Waals surface area contributed by atoms with E-state index in [4.69, 9.17) is 9.47 Å². The fourth-order valence-electron chi connectivity index (χ4n) is 1.65. The molecule has 1 unspecified atom stereocenters. The molecule has 1 aromatic heterocycles.